The summed E-state index contributed by atoms with van der Waals surface area (Å²) >= 11 is 0. The molecule has 0 aliphatic carbocycles. The van der Waals surface area contributed by atoms with E-state index in [1.165, 1.54) is 25.7 Å². The fourth-order valence-corrected chi connectivity index (χ4v) is 2.35. The third-order valence-corrected chi connectivity index (χ3v) is 3.29. The minimum absolute atomic E-state index is 0.425. The Labute approximate surface area is 103 Å². The molecule has 2 N–H and O–H groups in total. The number of hydrogen-bond donors (Lipinski definition) is 1. The number of nitrogen functional groups attached to an aromatic ring is 1. The molecule has 0 bridgehead atoms. The molecule has 0 amide bonds. The van der Waals surface area contributed by atoms with E-state index in [0.717, 1.165) is 11.0 Å². The average Bonchev–Trinajstić information content (AvgIpc) is 2.65. The monoisotopic (exact) mass is 231 g/mol. The summed E-state index contributed by atoms with van der Waals surface area (Å²) in [6.07, 6.45) is 4.96. The Hall–Kier alpha value is -1.51. The van der Waals surface area contributed by atoms with Crippen LogP contribution in [0.2, 0.25) is 0 Å². The summed E-state index contributed by atoms with van der Waals surface area (Å²) in [4.78, 5) is 4.40. The molecule has 0 aliphatic heterocycles. The first-order valence-corrected chi connectivity index (χ1v) is 6.46. The smallest absolute Gasteiger partial charge is 0.201 e. The SMILES string of the molecule is CCCCCC(C)n1c(N)nc2ccccc21. The van der Waals surface area contributed by atoms with Crippen molar-refractivity contribution in [1.82, 2.24) is 9.55 Å². The molecule has 17 heavy (non-hydrogen) atoms. The number of hydrogen-bond acceptors (Lipinski definition) is 2. The molecule has 92 valence electrons. The fourth-order valence-electron chi connectivity index (χ4n) is 2.35. The highest BCUT2D eigenvalue weighted by Gasteiger charge is 2.12. The van der Waals surface area contributed by atoms with E-state index in [0.29, 0.717) is 12.0 Å². The first-order valence-electron chi connectivity index (χ1n) is 6.46. The zero-order chi connectivity index (χ0) is 12.3. The van der Waals surface area contributed by atoms with Crippen molar-refractivity contribution >= 4 is 17.0 Å². The Morgan fingerprint density at radius 3 is 2.82 bits per heavy atom. The zero-order valence-corrected chi connectivity index (χ0v) is 10.7. The average molecular weight is 231 g/mol. The lowest BCUT2D eigenvalue weighted by atomic mass is 10.1. The topological polar surface area (TPSA) is 43.8 Å². The number of anilines is 1. The molecule has 0 saturated carbocycles. The standard InChI is InChI=1S/C14H21N3/c1-3-4-5-8-11(2)17-13-10-7-6-9-12(13)16-14(17)15/h6-7,9-11H,3-5,8H2,1-2H3,(H2,15,16). The van der Waals surface area contributed by atoms with Gasteiger partial charge in [0, 0.05) is 6.04 Å². The maximum Gasteiger partial charge on any atom is 0.201 e. The Morgan fingerprint density at radius 2 is 2.06 bits per heavy atom. The van der Waals surface area contributed by atoms with E-state index in [-0.39, 0.29) is 0 Å². The maximum atomic E-state index is 6.01. The molecule has 0 fully saturated rings. The van der Waals surface area contributed by atoms with Crippen LogP contribution in [0.1, 0.15) is 45.6 Å². The second-order valence-corrected chi connectivity index (χ2v) is 4.67. The summed E-state index contributed by atoms with van der Waals surface area (Å²) in [6, 6.07) is 8.57. The highest BCUT2D eigenvalue weighted by molar-refractivity contribution is 5.78. The number of fused-ring (bicyclic) bond motifs is 1. The van der Waals surface area contributed by atoms with Crippen LogP contribution in [0.5, 0.6) is 0 Å². The quantitative estimate of drug-likeness (QED) is 0.796. The van der Waals surface area contributed by atoms with E-state index < -0.39 is 0 Å². The van der Waals surface area contributed by atoms with Crippen molar-refractivity contribution < 1.29 is 0 Å². The van der Waals surface area contributed by atoms with E-state index in [9.17, 15) is 0 Å². The molecular formula is C14H21N3. The number of benzene rings is 1. The molecule has 1 aromatic heterocycles. The van der Waals surface area contributed by atoms with Crippen LogP contribution in [0.3, 0.4) is 0 Å². The van der Waals surface area contributed by atoms with Gasteiger partial charge in [0.1, 0.15) is 0 Å². The number of rotatable bonds is 5. The molecule has 2 rings (SSSR count). The number of nitrogens with two attached hydrogens (primary N) is 1. The minimum atomic E-state index is 0.425. The summed E-state index contributed by atoms with van der Waals surface area (Å²) in [6.45, 7) is 4.45. The molecule has 2 aromatic rings. The van der Waals surface area contributed by atoms with Crippen LogP contribution in [0.4, 0.5) is 5.95 Å². The van der Waals surface area contributed by atoms with E-state index in [2.05, 4.69) is 29.5 Å². The molecule has 0 spiro atoms. The van der Waals surface area contributed by atoms with Gasteiger partial charge < -0.3 is 10.3 Å². The normalized spacial score (nSPS) is 13.1. The summed E-state index contributed by atoms with van der Waals surface area (Å²) in [5.41, 5.74) is 8.15. The third kappa shape index (κ3) is 2.43. The number of imidazole rings is 1. The number of aromatic nitrogens is 2. The Bertz CT molecular complexity index is 487. The largest absolute Gasteiger partial charge is 0.369 e. The predicted octanol–water partition coefficient (Wildman–Crippen LogP) is 3.76. The first-order chi connectivity index (χ1) is 8.24. The predicted molar refractivity (Wildman–Crippen MR) is 73.0 cm³/mol. The van der Waals surface area contributed by atoms with Gasteiger partial charge in [-0.2, -0.15) is 0 Å². The van der Waals surface area contributed by atoms with Gasteiger partial charge in [-0.05, 0) is 25.5 Å². The molecule has 0 saturated heterocycles. The molecule has 0 radical (unpaired) electrons. The molecule has 1 atom stereocenters. The van der Waals surface area contributed by atoms with Gasteiger partial charge in [0.25, 0.3) is 0 Å². The van der Waals surface area contributed by atoms with Crippen LogP contribution in [0.25, 0.3) is 11.0 Å². The molecule has 0 aliphatic rings. The van der Waals surface area contributed by atoms with Gasteiger partial charge in [-0.15, -0.1) is 0 Å². The van der Waals surface area contributed by atoms with E-state index in [1.807, 2.05) is 18.2 Å². The highest BCUT2D eigenvalue weighted by Crippen LogP contribution is 2.25. The van der Waals surface area contributed by atoms with Gasteiger partial charge in [-0.1, -0.05) is 38.3 Å². The molecule has 3 nitrogen and oxygen atoms in total. The van der Waals surface area contributed by atoms with Crippen molar-refractivity contribution in [3.8, 4) is 0 Å². The minimum Gasteiger partial charge on any atom is -0.369 e. The van der Waals surface area contributed by atoms with Crippen LogP contribution in [0, 0.1) is 0 Å². The second-order valence-electron chi connectivity index (χ2n) is 4.67. The third-order valence-electron chi connectivity index (χ3n) is 3.29. The van der Waals surface area contributed by atoms with Gasteiger partial charge in [0.15, 0.2) is 0 Å². The Morgan fingerprint density at radius 1 is 1.29 bits per heavy atom. The Kier molecular flexibility index (Phi) is 3.67. The van der Waals surface area contributed by atoms with Crippen LogP contribution in [-0.2, 0) is 0 Å². The van der Waals surface area contributed by atoms with Gasteiger partial charge in [0.05, 0.1) is 11.0 Å². The fraction of sp³-hybridized carbons (Fsp3) is 0.500. The molecule has 1 heterocycles. The van der Waals surface area contributed by atoms with E-state index in [1.54, 1.807) is 0 Å². The second kappa shape index (κ2) is 5.21. The van der Waals surface area contributed by atoms with Crippen LogP contribution in [-0.4, -0.2) is 9.55 Å². The van der Waals surface area contributed by atoms with E-state index >= 15 is 0 Å². The van der Waals surface area contributed by atoms with Gasteiger partial charge in [-0.25, -0.2) is 4.98 Å². The molecule has 1 unspecified atom stereocenters. The summed E-state index contributed by atoms with van der Waals surface area (Å²) in [7, 11) is 0. The van der Waals surface area contributed by atoms with Crippen LogP contribution >= 0.6 is 0 Å². The van der Waals surface area contributed by atoms with E-state index in [4.69, 9.17) is 5.73 Å². The number of nitrogens with zero attached hydrogens (tertiary/aromatic N) is 2. The van der Waals surface area contributed by atoms with Crippen molar-refractivity contribution in [1.29, 1.82) is 0 Å². The van der Waals surface area contributed by atoms with Crippen molar-refractivity contribution in [2.75, 3.05) is 5.73 Å². The van der Waals surface area contributed by atoms with Gasteiger partial charge in [0.2, 0.25) is 5.95 Å². The Balaban J connectivity index is 2.24. The van der Waals surface area contributed by atoms with Gasteiger partial charge >= 0.3 is 0 Å². The highest BCUT2D eigenvalue weighted by atomic mass is 15.2. The molecule has 1 aromatic carbocycles. The van der Waals surface area contributed by atoms with Crippen molar-refractivity contribution in [3.63, 3.8) is 0 Å². The lowest BCUT2D eigenvalue weighted by Gasteiger charge is -2.15. The lowest BCUT2D eigenvalue weighted by molar-refractivity contribution is 0.492. The lowest BCUT2D eigenvalue weighted by Crippen LogP contribution is -2.08. The summed E-state index contributed by atoms with van der Waals surface area (Å²) < 4.78 is 2.16. The summed E-state index contributed by atoms with van der Waals surface area (Å²) in [5.74, 6) is 0.634. The zero-order valence-electron chi connectivity index (χ0n) is 10.7. The van der Waals surface area contributed by atoms with Crippen LogP contribution < -0.4 is 5.73 Å². The van der Waals surface area contributed by atoms with Crippen LogP contribution in [0.15, 0.2) is 24.3 Å². The molecular weight excluding hydrogens is 210 g/mol. The summed E-state index contributed by atoms with van der Waals surface area (Å²) in [5, 5.41) is 0. The van der Waals surface area contributed by atoms with Crippen molar-refractivity contribution in [3.05, 3.63) is 24.3 Å². The first kappa shape index (κ1) is 12.0. The van der Waals surface area contributed by atoms with Crippen molar-refractivity contribution in [2.24, 2.45) is 0 Å². The molecule has 3 heteroatoms. The number of unbranched alkanes of at least 4 members (excludes halogenated alkanes) is 2. The maximum absolute atomic E-state index is 6.01. The van der Waals surface area contributed by atoms with Gasteiger partial charge in [-0.3, -0.25) is 0 Å². The number of para-hydroxylation sites is 2. The van der Waals surface area contributed by atoms with Crippen molar-refractivity contribution in [2.45, 2.75) is 45.6 Å².